The van der Waals surface area contributed by atoms with Gasteiger partial charge in [0.05, 0.1) is 6.04 Å². The molecule has 2 N–H and O–H groups in total. The van der Waals surface area contributed by atoms with Gasteiger partial charge in [0.2, 0.25) is 0 Å². The number of aliphatic hydroxyl groups excluding tert-OH is 1. The van der Waals surface area contributed by atoms with Crippen molar-refractivity contribution < 1.29 is 18.4 Å². The fourth-order valence-electron chi connectivity index (χ4n) is 1.67. The molecule has 0 fully saturated rings. The van der Waals surface area contributed by atoms with Crippen molar-refractivity contribution >= 4 is 11.4 Å². The molecule has 0 aliphatic heterocycles. The van der Waals surface area contributed by atoms with Gasteiger partial charge in [-0.3, -0.25) is 0 Å². The molecule has 1 aromatic carbocycles. The average molecular weight is 305 g/mol. The summed E-state index contributed by atoms with van der Waals surface area (Å²) in [6, 6.07) is 2.77. The highest BCUT2D eigenvalue weighted by Gasteiger charge is 2.30. The summed E-state index contributed by atoms with van der Waals surface area (Å²) in [7, 11) is 0. The molecule has 0 aliphatic rings. The lowest BCUT2D eigenvalue weighted by atomic mass is 10.0. The summed E-state index contributed by atoms with van der Waals surface area (Å²) in [5.74, 6) is -1.34. The van der Waals surface area contributed by atoms with Crippen LogP contribution in [0.3, 0.4) is 0 Å². The van der Waals surface area contributed by atoms with E-state index < -0.39 is 33.8 Å². The van der Waals surface area contributed by atoms with Gasteiger partial charge in [0.15, 0.2) is 0 Å². The van der Waals surface area contributed by atoms with Gasteiger partial charge in [-0.05, 0) is 51.3 Å². The Morgan fingerprint density at radius 2 is 1.80 bits per heavy atom. The standard InChI is InChI=1S/C14H21F2NO2S/c1-14(2,3)20(19)17-13(5-4-6-18)10-7-11(15)9-12(16)8-10/h7-9,13,17-18H,4-6H2,1-3H3/t13-,20+/m0/s1. The number of hydrogen-bond donors (Lipinski definition) is 2. The van der Waals surface area contributed by atoms with Crippen LogP contribution in [0.4, 0.5) is 8.78 Å². The highest BCUT2D eigenvalue weighted by Crippen LogP contribution is 2.24. The summed E-state index contributed by atoms with van der Waals surface area (Å²) in [5.41, 5.74) is 0.397. The molecule has 0 radical (unpaired) electrons. The Balaban J connectivity index is 2.93. The third kappa shape index (κ3) is 5.36. The van der Waals surface area contributed by atoms with Crippen molar-refractivity contribution in [2.75, 3.05) is 6.61 Å². The Kier molecular flexibility index (Phi) is 6.39. The monoisotopic (exact) mass is 305 g/mol. The summed E-state index contributed by atoms with van der Waals surface area (Å²) in [5, 5.41) is 8.91. The molecule has 20 heavy (non-hydrogen) atoms. The normalized spacial score (nSPS) is 15.2. The minimum atomic E-state index is -1.36. The Morgan fingerprint density at radius 1 is 1.25 bits per heavy atom. The Bertz CT molecular complexity index is 417. The lowest BCUT2D eigenvalue weighted by molar-refractivity contribution is 0.278. The number of benzene rings is 1. The van der Waals surface area contributed by atoms with Crippen LogP contribution in [-0.2, 0) is 11.4 Å². The molecule has 0 bridgehead atoms. The van der Waals surface area contributed by atoms with E-state index in [1.54, 1.807) is 0 Å². The summed E-state index contributed by atoms with van der Waals surface area (Å²) < 4.78 is 41.1. The average Bonchev–Trinajstić information content (AvgIpc) is 2.31. The van der Waals surface area contributed by atoms with Gasteiger partial charge in [-0.15, -0.1) is 4.72 Å². The lowest BCUT2D eigenvalue weighted by Crippen LogP contribution is -2.41. The van der Waals surface area contributed by atoms with Gasteiger partial charge in [0, 0.05) is 24.0 Å². The van der Waals surface area contributed by atoms with Crippen molar-refractivity contribution in [3.8, 4) is 0 Å². The first-order valence-electron chi connectivity index (χ1n) is 6.49. The molecule has 0 spiro atoms. The van der Waals surface area contributed by atoms with Crippen molar-refractivity contribution in [1.29, 1.82) is 0 Å². The quantitative estimate of drug-likeness (QED) is 0.795. The fourth-order valence-corrected chi connectivity index (χ4v) is 2.54. The summed E-state index contributed by atoms with van der Waals surface area (Å²) in [6.45, 7) is 5.40. The number of halogens is 2. The van der Waals surface area contributed by atoms with E-state index in [2.05, 4.69) is 4.72 Å². The number of rotatable bonds is 6. The van der Waals surface area contributed by atoms with Crippen LogP contribution in [-0.4, -0.2) is 21.0 Å². The largest absolute Gasteiger partial charge is 0.598 e. The molecule has 1 rings (SSSR count). The zero-order chi connectivity index (χ0) is 15.3. The highest BCUT2D eigenvalue weighted by molar-refractivity contribution is 7.90. The molecule has 0 unspecified atom stereocenters. The van der Waals surface area contributed by atoms with Gasteiger partial charge >= 0.3 is 0 Å². The Labute approximate surface area is 121 Å². The third-order valence-electron chi connectivity index (χ3n) is 2.74. The van der Waals surface area contributed by atoms with Crippen molar-refractivity contribution in [3.63, 3.8) is 0 Å². The maximum absolute atomic E-state index is 13.3. The fraction of sp³-hybridized carbons (Fsp3) is 0.571. The van der Waals surface area contributed by atoms with Gasteiger partial charge < -0.3 is 9.66 Å². The highest BCUT2D eigenvalue weighted by atomic mass is 32.2. The first-order chi connectivity index (χ1) is 9.24. The zero-order valence-electron chi connectivity index (χ0n) is 12.0. The Hall–Kier alpha value is -0.690. The van der Waals surface area contributed by atoms with E-state index in [1.807, 2.05) is 20.8 Å². The molecule has 3 nitrogen and oxygen atoms in total. The predicted octanol–water partition coefficient (Wildman–Crippen LogP) is 2.83. The number of aliphatic hydroxyl groups is 1. The van der Waals surface area contributed by atoms with Crippen molar-refractivity contribution in [2.45, 2.75) is 44.4 Å². The number of nitrogens with one attached hydrogen (secondary N) is 1. The molecule has 0 saturated heterocycles. The van der Waals surface area contributed by atoms with Crippen molar-refractivity contribution in [2.24, 2.45) is 0 Å². The first-order valence-corrected chi connectivity index (χ1v) is 7.64. The molecular weight excluding hydrogens is 284 g/mol. The predicted molar refractivity (Wildman–Crippen MR) is 76.4 cm³/mol. The van der Waals surface area contributed by atoms with Crippen molar-refractivity contribution in [1.82, 2.24) is 4.72 Å². The van der Waals surface area contributed by atoms with Gasteiger partial charge in [-0.1, -0.05) is 0 Å². The van der Waals surface area contributed by atoms with E-state index in [1.165, 1.54) is 12.1 Å². The van der Waals surface area contributed by atoms with E-state index in [0.717, 1.165) is 6.07 Å². The van der Waals surface area contributed by atoms with Crippen molar-refractivity contribution in [3.05, 3.63) is 35.4 Å². The first kappa shape index (κ1) is 17.4. The van der Waals surface area contributed by atoms with Crippen LogP contribution in [0.15, 0.2) is 18.2 Å². The Morgan fingerprint density at radius 3 is 2.25 bits per heavy atom. The van der Waals surface area contributed by atoms with Gasteiger partial charge in [-0.2, -0.15) is 0 Å². The summed E-state index contributed by atoms with van der Waals surface area (Å²) in [6.07, 6.45) is 0.901. The summed E-state index contributed by atoms with van der Waals surface area (Å²) in [4.78, 5) is 0. The molecule has 0 aliphatic carbocycles. The van der Waals surface area contributed by atoms with Crippen LogP contribution in [0, 0.1) is 11.6 Å². The summed E-state index contributed by atoms with van der Waals surface area (Å²) >= 11 is -1.36. The van der Waals surface area contributed by atoms with Gasteiger partial charge in [-0.25, -0.2) is 8.78 Å². The van der Waals surface area contributed by atoms with E-state index in [9.17, 15) is 13.3 Å². The maximum atomic E-state index is 13.3. The molecule has 1 aromatic rings. The zero-order valence-corrected chi connectivity index (χ0v) is 12.8. The smallest absolute Gasteiger partial charge is 0.136 e. The molecule has 2 atom stereocenters. The molecular formula is C14H21F2NO2S. The van der Waals surface area contributed by atoms with E-state index >= 15 is 0 Å². The maximum Gasteiger partial charge on any atom is 0.136 e. The van der Waals surface area contributed by atoms with Gasteiger partial charge in [0.25, 0.3) is 0 Å². The van der Waals surface area contributed by atoms with Crippen LogP contribution in [0.2, 0.25) is 0 Å². The molecule has 0 heterocycles. The lowest BCUT2D eigenvalue weighted by Gasteiger charge is -2.28. The van der Waals surface area contributed by atoms with Crippen LogP contribution in [0.1, 0.15) is 45.2 Å². The molecule has 0 aromatic heterocycles. The molecule has 0 saturated carbocycles. The minimum absolute atomic E-state index is 0.0296. The van der Waals surface area contributed by atoms with E-state index in [0.29, 0.717) is 18.4 Å². The van der Waals surface area contributed by atoms with Gasteiger partial charge in [0.1, 0.15) is 16.4 Å². The second-order valence-electron chi connectivity index (χ2n) is 5.62. The molecule has 0 amide bonds. The molecule has 6 heteroatoms. The van der Waals surface area contributed by atoms with Crippen LogP contribution in [0.25, 0.3) is 0 Å². The van der Waals surface area contributed by atoms with Crippen LogP contribution in [0.5, 0.6) is 0 Å². The SMILES string of the molecule is CC(C)(C)[S@@+]([O-])N[C@@H](CCCO)c1cc(F)cc(F)c1. The van der Waals surface area contributed by atoms with E-state index in [4.69, 9.17) is 5.11 Å². The van der Waals surface area contributed by atoms with Crippen LogP contribution < -0.4 is 4.72 Å². The second-order valence-corrected chi connectivity index (χ2v) is 7.62. The topological polar surface area (TPSA) is 55.3 Å². The minimum Gasteiger partial charge on any atom is -0.598 e. The molecule has 114 valence electrons. The second kappa shape index (κ2) is 7.36. The van der Waals surface area contributed by atoms with E-state index in [-0.39, 0.29) is 6.61 Å². The number of hydrogen-bond acceptors (Lipinski definition) is 3. The third-order valence-corrected chi connectivity index (χ3v) is 4.35. The van der Waals surface area contributed by atoms with Crippen LogP contribution >= 0.6 is 0 Å².